The second-order valence-electron chi connectivity index (χ2n) is 2.51. The lowest BCUT2D eigenvalue weighted by atomic mass is 10.2. The van der Waals surface area contributed by atoms with Gasteiger partial charge in [0.15, 0.2) is 0 Å². The number of amides is 1. The van der Waals surface area contributed by atoms with Crippen LogP contribution < -0.4 is 11.1 Å². The highest BCUT2D eigenvalue weighted by molar-refractivity contribution is 5.82. The van der Waals surface area contributed by atoms with Crippen molar-refractivity contribution < 1.29 is 9.90 Å². The Bertz CT molecular complexity index is 373. The molecule has 4 heteroatoms. The molecule has 4 N–H and O–H groups in total. The molecule has 1 aromatic carbocycles. The summed E-state index contributed by atoms with van der Waals surface area (Å²) in [7, 11) is 0. The van der Waals surface area contributed by atoms with Gasteiger partial charge >= 0.3 is 6.09 Å². The Morgan fingerprint density at radius 3 is 2.57 bits per heavy atom. The van der Waals surface area contributed by atoms with Crippen LogP contribution in [0.15, 0.2) is 24.3 Å². The average molecular weight is 190 g/mol. The van der Waals surface area contributed by atoms with Crippen LogP contribution in [0.3, 0.4) is 0 Å². The number of rotatable bonds is 1. The molecule has 0 spiro atoms. The van der Waals surface area contributed by atoms with E-state index < -0.39 is 6.09 Å². The summed E-state index contributed by atoms with van der Waals surface area (Å²) in [6.45, 7) is 0.315. The van der Waals surface area contributed by atoms with Crippen LogP contribution >= 0.6 is 0 Å². The van der Waals surface area contributed by atoms with E-state index in [-0.39, 0.29) is 0 Å². The number of nitrogens with one attached hydrogen (secondary N) is 1. The average Bonchev–Trinajstić information content (AvgIpc) is 2.16. The van der Waals surface area contributed by atoms with Gasteiger partial charge in [-0.3, -0.25) is 5.32 Å². The first-order valence-electron chi connectivity index (χ1n) is 4.01. The predicted molar refractivity (Wildman–Crippen MR) is 54.0 cm³/mol. The lowest BCUT2D eigenvalue weighted by molar-refractivity contribution is 0.210. The Hall–Kier alpha value is -1.99. The van der Waals surface area contributed by atoms with Crippen LogP contribution in [-0.2, 0) is 0 Å². The monoisotopic (exact) mass is 190 g/mol. The quantitative estimate of drug-likeness (QED) is 0.580. The molecular weight excluding hydrogens is 180 g/mol. The molecule has 0 aliphatic rings. The van der Waals surface area contributed by atoms with Crippen LogP contribution in [0.2, 0.25) is 0 Å². The second kappa shape index (κ2) is 4.90. The normalized spacial score (nSPS) is 8.64. The molecule has 4 nitrogen and oxygen atoms in total. The summed E-state index contributed by atoms with van der Waals surface area (Å²) in [6, 6.07) is 6.76. The SMILES string of the molecule is NCC#Cc1ccc(NC(=O)O)cc1. The number of hydrogen-bond acceptors (Lipinski definition) is 2. The lowest BCUT2D eigenvalue weighted by Gasteiger charge is -1.99. The maximum Gasteiger partial charge on any atom is 0.409 e. The van der Waals surface area contributed by atoms with Gasteiger partial charge in [-0.1, -0.05) is 11.8 Å². The van der Waals surface area contributed by atoms with E-state index in [4.69, 9.17) is 10.8 Å². The fourth-order valence-electron chi connectivity index (χ4n) is 0.913. The lowest BCUT2D eigenvalue weighted by Crippen LogP contribution is -2.06. The van der Waals surface area contributed by atoms with Gasteiger partial charge in [0.2, 0.25) is 0 Å². The van der Waals surface area contributed by atoms with Crippen LogP contribution in [0.25, 0.3) is 0 Å². The van der Waals surface area contributed by atoms with Crippen molar-refractivity contribution >= 4 is 11.8 Å². The first-order chi connectivity index (χ1) is 6.72. The molecule has 0 atom stereocenters. The Labute approximate surface area is 81.7 Å². The van der Waals surface area contributed by atoms with E-state index >= 15 is 0 Å². The molecule has 1 amide bonds. The Morgan fingerprint density at radius 1 is 1.43 bits per heavy atom. The summed E-state index contributed by atoms with van der Waals surface area (Å²) in [6.07, 6.45) is -1.08. The summed E-state index contributed by atoms with van der Waals surface area (Å²) in [5.74, 6) is 5.54. The third kappa shape index (κ3) is 3.17. The first-order valence-corrected chi connectivity index (χ1v) is 4.01. The maximum atomic E-state index is 10.3. The van der Waals surface area contributed by atoms with Crippen molar-refractivity contribution in [2.24, 2.45) is 5.73 Å². The number of hydrogen-bond donors (Lipinski definition) is 3. The van der Waals surface area contributed by atoms with Gasteiger partial charge in [-0.05, 0) is 24.3 Å². The zero-order chi connectivity index (χ0) is 10.4. The minimum Gasteiger partial charge on any atom is -0.465 e. The second-order valence-corrected chi connectivity index (χ2v) is 2.51. The van der Waals surface area contributed by atoms with Crippen molar-refractivity contribution in [3.05, 3.63) is 29.8 Å². The number of benzene rings is 1. The summed E-state index contributed by atoms with van der Waals surface area (Å²) < 4.78 is 0. The number of carboxylic acid groups (broad SMARTS) is 1. The van der Waals surface area contributed by atoms with Crippen molar-refractivity contribution in [2.45, 2.75) is 0 Å². The van der Waals surface area contributed by atoms with Crippen LogP contribution in [0, 0.1) is 11.8 Å². The van der Waals surface area contributed by atoms with Gasteiger partial charge in [-0.25, -0.2) is 4.79 Å². The van der Waals surface area contributed by atoms with Gasteiger partial charge < -0.3 is 10.8 Å². The van der Waals surface area contributed by atoms with Crippen LogP contribution in [0.1, 0.15) is 5.56 Å². The topological polar surface area (TPSA) is 75.3 Å². The molecule has 0 bridgehead atoms. The van der Waals surface area contributed by atoms with Gasteiger partial charge in [0, 0.05) is 11.3 Å². The molecule has 0 saturated carbocycles. The summed E-state index contributed by atoms with van der Waals surface area (Å²) in [5, 5.41) is 10.7. The van der Waals surface area contributed by atoms with Gasteiger partial charge in [-0.2, -0.15) is 0 Å². The number of carbonyl (C=O) groups is 1. The van der Waals surface area contributed by atoms with E-state index in [9.17, 15) is 4.79 Å². The molecule has 0 aliphatic carbocycles. The molecule has 0 fully saturated rings. The minimum atomic E-state index is -1.08. The third-order valence-electron chi connectivity index (χ3n) is 1.47. The molecule has 0 unspecified atom stereocenters. The van der Waals surface area contributed by atoms with Crippen LogP contribution in [0.4, 0.5) is 10.5 Å². The van der Waals surface area contributed by atoms with Crippen molar-refractivity contribution in [1.29, 1.82) is 0 Å². The van der Waals surface area contributed by atoms with Gasteiger partial charge in [-0.15, -0.1) is 0 Å². The highest BCUT2D eigenvalue weighted by Gasteiger charge is 1.95. The van der Waals surface area contributed by atoms with Gasteiger partial charge in [0.25, 0.3) is 0 Å². The Morgan fingerprint density at radius 2 is 2.07 bits per heavy atom. The highest BCUT2D eigenvalue weighted by atomic mass is 16.4. The van der Waals surface area contributed by atoms with Crippen LogP contribution in [-0.4, -0.2) is 17.7 Å². The molecule has 0 saturated heterocycles. The minimum absolute atomic E-state index is 0.315. The predicted octanol–water partition coefficient (Wildman–Crippen LogP) is 1.09. The molecule has 1 rings (SSSR count). The van der Waals surface area contributed by atoms with Gasteiger partial charge in [0.1, 0.15) is 0 Å². The van der Waals surface area contributed by atoms with E-state index in [2.05, 4.69) is 17.2 Å². The fraction of sp³-hybridized carbons (Fsp3) is 0.100. The number of nitrogens with two attached hydrogens (primary N) is 1. The smallest absolute Gasteiger partial charge is 0.409 e. The van der Waals surface area contributed by atoms with Crippen molar-refractivity contribution in [2.75, 3.05) is 11.9 Å². The largest absolute Gasteiger partial charge is 0.465 e. The van der Waals surface area contributed by atoms with Crippen LogP contribution in [0.5, 0.6) is 0 Å². The molecule has 1 aromatic rings. The van der Waals surface area contributed by atoms with Crippen molar-refractivity contribution in [3.63, 3.8) is 0 Å². The van der Waals surface area contributed by atoms with E-state index in [1.54, 1.807) is 24.3 Å². The Balaban J connectivity index is 2.73. The molecular formula is C10H10N2O2. The fourth-order valence-corrected chi connectivity index (χ4v) is 0.913. The van der Waals surface area contributed by atoms with Gasteiger partial charge in [0.05, 0.1) is 6.54 Å². The summed E-state index contributed by atoms with van der Waals surface area (Å²) >= 11 is 0. The van der Waals surface area contributed by atoms with Crippen molar-refractivity contribution in [3.8, 4) is 11.8 Å². The number of anilines is 1. The zero-order valence-corrected chi connectivity index (χ0v) is 7.45. The standard InChI is InChI=1S/C10H10N2O2/c11-7-1-2-8-3-5-9(6-4-8)12-10(13)14/h3-6,12H,7,11H2,(H,13,14). The third-order valence-corrected chi connectivity index (χ3v) is 1.47. The maximum absolute atomic E-state index is 10.3. The molecule has 0 aromatic heterocycles. The van der Waals surface area contributed by atoms with E-state index in [1.807, 2.05) is 0 Å². The van der Waals surface area contributed by atoms with E-state index in [0.29, 0.717) is 12.2 Å². The molecule has 0 radical (unpaired) electrons. The zero-order valence-electron chi connectivity index (χ0n) is 7.45. The van der Waals surface area contributed by atoms with E-state index in [0.717, 1.165) is 5.56 Å². The Kier molecular flexibility index (Phi) is 3.53. The molecule has 14 heavy (non-hydrogen) atoms. The summed E-state index contributed by atoms with van der Waals surface area (Å²) in [4.78, 5) is 10.3. The molecule has 0 heterocycles. The van der Waals surface area contributed by atoms with Crippen molar-refractivity contribution in [1.82, 2.24) is 0 Å². The first kappa shape index (κ1) is 10.1. The highest BCUT2D eigenvalue weighted by Crippen LogP contribution is 2.08. The molecule has 0 aliphatic heterocycles. The summed E-state index contributed by atoms with van der Waals surface area (Å²) in [5.41, 5.74) is 6.54. The molecule has 72 valence electrons. The van der Waals surface area contributed by atoms with E-state index in [1.165, 1.54) is 0 Å².